The number of nitro benzene ring substituents is 1. The van der Waals surface area contributed by atoms with E-state index in [2.05, 4.69) is 4.90 Å². The van der Waals surface area contributed by atoms with Crippen molar-refractivity contribution < 1.29 is 9.72 Å². The Morgan fingerprint density at radius 1 is 1.55 bits per heavy atom. The summed E-state index contributed by atoms with van der Waals surface area (Å²) in [6.45, 7) is 1.90. The van der Waals surface area contributed by atoms with Crippen LogP contribution in [0.4, 0.5) is 5.69 Å². The lowest BCUT2D eigenvalue weighted by atomic mass is 9.97. The van der Waals surface area contributed by atoms with Gasteiger partial charge in [-0.3, -0.25) is 19.8 Å². The molecule has 1 aliphatic rings. The van der Waals surface area contributed by atoms with Crippen molar-refractivity contribution in [2.75, 3.05) is 13.1 Å². The summed E-state index contributed by atoms with van der Waals surface area (Å²) in [4.78, 5) is 23.6. The van der Waals surface area contributed by atoms with Crippen LogP contribution < -0.4 is 5.73 Å². The topological polar surface area (TPSA) is 89.5 Å². The summed E-state index contributed by atoms with van der Waals surface area (Å²) in [6, 6.07) is 4.40. The Hall–Kier alpha value is -1.66. The predicted molar refractivity (Wildman–Crippen MR) is 75.3 cm³/mol. The number of nitrogens with zero attached hydrogens (tertiary/aromatic N) is 2. The largest absolute Gasteiger partial charge is 0.369 e. The van der Waals surface area contributed by atoms with E-state index in [1.165, 1.54) is 18.2 Å². The maximum Gasteiger partial charge on any atom is 0.269 e. The highest BCUT2D eigenvalue weighted by Crippen LogP contribution is 2.25. The summed E-state index contributed by atoms with van der Waals surface area (Å²) in [5, 5.41) is 11.3. The van der Waals surface area contributed by atoms with Crippen LogP contribution in [-0.4, -0.2) is 28.8 Å². The van der Waals surface area contributed by atoms with Gasteiger partial charge in [0, 0.05) is 30.2 Å². The zero-order valence-electron chi connectivity index (χ0n) is 10.9. The number of non-ortho nitro benzene ring substituents is 1. The van der Waals surface area contributed by atoms with Crippen LogP contribution in [0.2, 0.25) is 5.02 Å². The zero-order valence-corrected chi connectivity index (χ0v) is 11.7. The maximum atomic E-state index is 11.2. The van der Waals surface area contributed by atoms with Crippen molar-refractivity contribution in [3.8, 4) is 0 Å². The fraction of sp³-hybridized carbons (Fsp3) is 0.462. The molecule has 0 aliphatic carbocycles. The third-order valence-electron chi connectivity index (χ3n) is 3.54. The number of hydrogen-bond donors (Lipinski definition) is 1. The van der Waals surface area contributed by atoms with Crippen LogP contribution in [0, 0.1) is 16.0 Å². The summed E-state index contributed by atoms with van der Waals surface area (Å²) < 4.78 is 0. The van der Waals surface area contributed by atoms with Gasteiger partial charge in [0.05, 0.1) is 10.8 Å². The van der Waals surface area contributed by atoms with E-state index in [1.807, 2.05) is 0 Å². The van der Waals surface area contributed by atoms with Crippen molar-refractivity contribution in [1.82, 2.24) is 4.90 Å². The number of rotatable bonds is 4. The smallest absolute Gasteiger partial charge is 0.269 e. The number of piperidine rings is 1. The molecule has 1 heterocycles. The third-order valence-corrected chi connectivity index (χ3v) is 3.91. The number of carbonyl (C=O) groups excluding carboxylic acids is 1. The highest BCUT2D eigenvalue weighted by Gasteiger charge is 2.24. The Bertz CT molecular complexity index is 536. The molecule has 1 fully saturated rings. The van der Waals surface area contributed by atoms with E-state index in [1.54, 1.807) is 0 Å². The Balaban J connectivity index is 2.11. The molecule has 1 aromatic carbocycles. The molecule has 0 saturated carbocycles. The third kappa shape index (κ3) is 3.46. The summed E-state index contributed by atoms with van der Waals surface area (Å²) in [5.41, 5.74) is 6.06. The van der Waals surface area contributed by atoms with E-state index in [0.717, 1.165) is 19.4 Å². The number of halogens is 1. The molecule has 2 N–H and O–H groups in total. The number of primary amides is 1. The quantitative estimate of drug-likeness (QED) is 0.679. The normalized spacial score (nSPS) is 19.8. The first-order chi connectivity index (χ1) is 9.47. The molecule has 1 aromatic rings. The molecule has 7 heteroatoms. The molecule has 1 amide bonds. The zero-order chi connectivity index (χ0) is 14.7. The number of nitro groups is 1. The van der Waals surface area contributed by atoms with Crippen molar-refractivity contribution in [2.45, 2.75) is 19.4 Å². The number of benzene rings is 1. The van der Waals surface area contributed by atoms with Crippen molar-refractivity contribution in [1.29, 1.82) is 0 Å². The van der Waals surface area contributed by atoms with Gasteiger partial charge >= 0.3 is 0 Å². The molecule has 2 rings (SSSR count). The van der Waals surface area contributed by atoms with Crippen LogP contribution in [0.15, 0.2) is 18.2 Å². The Kier molecular flexibility index (Phi) is 4.57. The minimum absolute atomic E-state index is 0.0212. The standard InChI is InChI=1S/C13H16ClN3O3/c14-12-4-3-11(17(19)20)6-10(12)8-16-5-1-2-9(7-16)13(15)18/h3-4,6,9H,1-2,5,7-8H2,(H2,15,18). The van der Waals surface area contributed by atoms with E-state index in [0.29, 0.717) is 23.7 Å². The van der Waals surface area contributed by atoms with E-state index in [9.17, 15) is 14.9 Å². The minimum Gasteiger partial charge on any atom is -0.369 e. The molecule has 1 atom stereocenters. The summed E-state index contributed by atoms with van der Waals surface area (Å²) in [6.07, 6.45) is 1.69. The Morgan fingerprint density at radius 3 is 2.95 bits per heavy atom. The lowest BCUT2D eigenvalue weighted by molar-refractivity contribution is -0.384. The fourth-order valence-electron chi connectivity index (χ4n) is 2.47. The average Bonchev–Trinajstić information content (AvgIpc) is 2.41. The molecule has 1 unspecified atom stereocenters. The van der Waals surface area contributed by atoms with Crippen molar-refractivity contribution in [3.63, 3.8) is 0 Å². The second-order valence-electron chi connectivity index (χ2n) is 5.01. The van der Waals surface area contributed by atoms with Gasteiger partial charge in [0.15, 0.2) is 0 Å². The second kappa shape index (κ2) is 6.19. The van der Waals surface area contributed by atoms with Crippen LogP contribution >= 0.6 is 11.6 Å². The van der Waals surface area contributed by atoms with Gasteiger partial charge in [0.1, 0.15) is 0 Å². The van der Waals surface area contributed by atoms with Gasteiger partial charge in [-0.05, 0) is 31.0 Å². The van der Waals surface area contributed by atoms with Gasteiger partial charge in [0.25, 0.3) is 5.69 Å². The van der Waals surface area contributed by atoms with Crippen LogP contribution in [-0.2, 0) is 11.3 Å². The van der Waals surface area contributed by atoms with Crippen molar-refractivity contribution >= 4 is 23.2 Å². The average molecular weight is 298 g/mol. The highest BCUT2D eigenvalue weighted by atomic mass is 35.5. The minimum atomic E-state index is -0.442. The molecule has 0 spiro atoms. The molecule has 0 radical (unpaired) electrons. The van der Waals surface area contributed by atoms with E-state index in [4.69, 9.17) is 17.3 Å². The van der Waals surface area contributed by atoms with Gasteiger partial charge in [-0.25, -0.2) is 0 Å². The molecule has 6 nitrogen and oxygen atoms in total. The van der Waals surface area contributed by atoms with Crippen LogP contribution in [0.3, 0.4) is 0 Å². The van der Waals surface area contributed by atoms with Crippen LogP contribution in [0.1, 0.15) is 18.4 Å². The molecule has 1 aliphatic heterocycles. The highest BCUT2D eigenvalue weighted by molar-refractivity contribution is 6.31. The van der Waals surface area contributed by atoms with E-state index < -0.39 is 4.92 Å². The lowest BCUT2D eigenvalue weighted by Gasteiger charge is -2.31. The lowest BCUT2D eigenvalue weighted by Crippen LogP contribution is -2.40. The van der Waals surface area contributed by atoms with Gasteiger partial charge in [-0.1, -0.05) is 11.6 Å². The number of hydrogen-bond acceptors (Lipinski definition) is 4. The first-order valence-corrected chi connectivity index (χ1v) is 6.79. The van der Waals surface area contributed by atoms with E-state index >= 15 is 0 Å². The number of amides is 1. The number of carbonyl (C=O) groups is 1. The van der Waals surface area contributed by atoms with Crippen LogP contribution in [0.25, 0.3) is 0 Å². The van der Waals surface area contributed by atoms with Crippen molar-refractivity contribution in [3.05, 3.63) is 38.9 Å². The molecule has 0 aromatic heterocycles. The summed E-state index contributed by atoms with van der Waals surface area (Å²) in [5.74, 6) is -0.443. The molecule has 0 bridgehead atoms. The molecular weight excluding hydrogens is 282 g/mol. The first kappa shape index (κ1) is 14.7. The van der Waals surface area contributed by atoms with Crippen molar-refractivity contribution in [2.24, 2.45) is 11.7 Å². The SMILES string of the molecule is NC(=O)C1CCCN(Cc2cc([N+](=O)[O-])ccc2Cl)C1. The predicted octanol–water partition coefficient (Wildman–Crippen LogP) is 1.95. The van der Waals surface area contributed by atoms with Gasteiger partial charge in [0.2, 0.25) is 5.91 Å². The summed E-state index contributed by atoms with van der Waals surface area (Å²) in [7, 11) is 0. The molecule has 20 heavy (non-hydrogen) atoms. The summed E-state index contributed by atoms with van der Waals surface area (Å²) >= 11 is 6.08. The van der Waals surface area contributed by atoms with Gasteiger partial charge in [-0.15, -0.1) is 0 Å². The van der Waals surface area contributed by atoms with Crippen LogP contribution in [0.5, 0.6) is 0 Å². The Labute approximate surface area is 121 Å². The van der Waals surface area contributed by atoms with Gasteiger partial charge in [-0.2, -0.15) is 0 Å². The monoisotopic (exact) mass is 297 g/mol. The van der Waals surface area contributed by atoms with Gasteiger partial charge < -0.3 is 5.73 Å². The van der Waals surface area contributed by atoms with E-state index in [-0.39, 0.29) is 17.5 Å². The molecule has 108 valence electrons. The first-order valence-electron chi connectivity index (χ1n) is 6.42. The fourth-order valence-corrected chi connectivity index (χ4v) is 2.65. The number of nitrogens with two attached hydrogens (primary N) is 1. The number of likely N-dealkylation sites (tertiary alicyclic amines) is 1. The maximum absolute atomic E-state index is 11.2. The Morgan fingerprint density at radius 2 is 2.30 bits per heavy atom. The second-order valence-corrected chi connectivity index (χ2v) is 5.42. The molecule has 1 saturated heterocycles. The molecular formula is C13H16ClN3O3.